The molecule has 0 bridgehead atoms. The highest BCUT2D eigenvalue weighted by atomic mass is 31.1. The highest BCUT2D eigenvalue weighted by Gasteiger charge is 2.31. The summed E-state index contributed by atoms with van der Waals surface area (Å²) in [4.78, 5) is 0. The molecule has 0 radical (unpaired) electrons. The first kappa shape index (κ1) is 15.8. The Morgan fingerprint density at radius 1 is 0.619 bits per heavy atom. The molecular weight excluding hydrogens is 313 g/mol. The van der Waals surface area contributed by atoms with Gasteiger partial charge in [-0.05, 0) is 34.9 Å². The zero-order valence-electron chi connectivity index (χ0n) is 10.4. The summed E-state index contributed by atoms with van der Waals surface area (Å²) < 4.78 is 75.5. The highest BCUT2D eigenvalue weighted by molar-refractivity contribution is 7.55. The molecule has 0 unspecified atom stereocenters. The second kappa shape index (κ2) is 5.68. The lowest BCUT2D eigenvalue weighted by Gasteiger charge is -2.10. The molecule has 0 aliphatic carbocycles. The van der Waals surface area contributed by atoms with Crippen molar-refractivity contribution in [2.24, 2.45) is 0 Å². The van der Waals surface area contributed by atoms with Gasteiger partial charge in [0.25, 0.3) is 0 Å². The number of rotatable bonds is 2. The minimum Gasteiger partial charge on any atom is -0.166 e. The molecule has 0 aliphatic rings. The van der Waals surface area contributed by atoms with Crippen molar-refractivity contribution in [1.82, 2.24) is 0 Å². The maximum absolute atomic E-state index is 12.6. The van der Waals surface area contributed by atoms with Crippen LogP contribution >= 0.6 is 8.58 Å². The maximum atomic E-state index is 12.6. The quantitative estimate of drug-likeness (QED) is 0.569. The maximum Gasteiger partial charge on any atom is 0.416 e. The monoisotopic (exact) mass is 322 g/mol. The molecule has 0 heterocycles. The highest BCUT2D eigenvalue weighted by Crippen LogP contribution is 2.31. The summed E-state index contributed by atoms with van der Waals surface area (Å²) in [6, 6.07) is 9.21. The first-order valence-electron chi connectivity index (χ1n) is 5.78. The van der Waals surface area contributed by atoms with Crippen molar-refractivity contribution in [2.45, 2.75) is 12.4 Å². The van der Waals surface area contributed by atoms with Crippen LogP contribution < -0.4 is 10.6 Å². The van der Waals surface area contributed by atoms with Crippen LogP contribution in [-0.4, -0.2) is 0 Å². The van der Waals surface area contributed by atoms with Gasteiger partial charge in [0, 0.05) is 0 Å². The number of alkyl halides is 6. The van der Waals surface area contributed by atoms with Gasteiger partial charge in [-0.1, -0.05) is 32.8 Å². The van der Waals surface area contributed by atoms with E-state index in [0.717, 1.165) is 24.3 Å². The molecule has 0 fully saturated rings. The Hall–Kier alpha value is -1.55. The molecular formula is C14H9F6P. The third-order valence-corrected chi connectivity index (χ3v) is 3.87. The van der Waals surface area contributed by atoms with Crippen LogP contribution in [0.15, 0.2) is 48.5 Å². The van der Waals surface area contributed by atoms with Crippen LogP contribution in [0.3, 0.4) is 0 Å². The Kier molecular flexibility index (Phi) is 4.28. The summed E-state index contributed by atoms with van der Waals surface area (Å²) in [6.45, 7) is 0. The van der Waals surface area contributed by atoms with Crippen molar-refractivity contribution in [3.05, 3.63) is 59.7 Å². The number of hydrogen-bond acceptors (Lipinski definition) is 0. The van der Waals surface area contributed by atoms with Crippen LogP contribution in [-0.2, 0) is 12.4 Å². The summed E-state index contributed by atoms with van der Waals surface area (Å²) >= 11 is 0. The molecule has 0 spiro atoms. The van der Waals surface area contributed by atoms with Gasteiger partial charge in [-0.15, -0.1) is 0 Å². The molecule has 0 aromatic heterocycles. The smallest absolute Gasteiger partial charge is 0.166 e. The predicted molar refractivity (Wildman–Crippen MR) is 70.5 cm³/mol. The number of benzene rings is 2. The van der Waals surface area contributed by atoms with Gasteiger partial charge in [0.1, 0.15) is 0 Å². The van der Waals surface area contributed by atoms with Crippen LogP contribution in [0.2, 0.25) is 0 Å². The van der Waals surface area contributed by atoms with Gasteiger partial charge in [-0.3, -0.25) is 0 Å². The standard InChI is InChI=1S/C14H9F6P/c15-13(16,17)9-3-1-5-11(7-9)21-12-6-2-4-10(8-12)14(18,19)20/h1-8,21H. The van der Waals surface area contributed by atoms with E-state index in [1.165, 1.54) is 24.3 Å². The predicted octanol–water partition coefficient (Wildman–Crippen LogP) is 4.35. The SMILES string of the molecule is FC(F)(F)c1cccc(Pc2cccc(C(F)(F)F)c2)c1. The Balaban J connectivity index is 2.27. The molecule has 0 saturated heterocycles. The minimum atomic E-state index is -4.46. The van der Waals surface area contributed by atoms with Gasteiger partial charge in [0.05, 0.1) is 11.1 Å². The fraction of sp³-hybridized carbons (Fsp3) is 0.143. The van der Waals surface area contributed by atoms with E-state index in [-0.39, 0.29) is 8.58 Å². The molecule has 2 aromatic carbocycles. The van der Waals surface area contributed by atoms with Crippen LogP contribution in [0.25, 0.3) is 0 Å². The third kappa shape index (κ3) is 4.21. The van der Waals surface area contributed by atoms with E-state index in [9.17, 15) is 26.3 Å². The lowest BCUT2D eigenvalue weighted by atomic mass is 10.2. The second-order valence-corrected chi connectivity index (χ2v) is 5.69. The summed E-state index contributed by atoms with van der Waals surface area (Å²) in [5, 5.41) is 0.674. The normalized spacial score (nSPS) is 12.5. The van der Waals surface area contributed by atoms with E-state index in [4.69, 9.17) is 0 Å². The lowest BCUT2D eigenvalue weighted by Crippen LogP contribution is -2.12. The van der Waals surface area contributed by atoms with Crippen molar-refractivity contribution < 1.29 is 26.3 Å². The molecule has 0 amide bonds. The first-order valence-corrected chi connectivity index (χ1v) is 6.78. The van der Waals surface area contributed by atoms with E-state index in [0.29, 0.717) is 10.6 Å². The zero-order chi connectivity index (χ0) is 15.7. The summed E-state index contributed by atoms with van der Waals surface area (Å²) in [5.74, 6) is 0. The fourth-order valence-electron chi connectivity index (χ4n) is 1.71. The van der Waals surface area contributed by atoms with Crippen LogP contribution in [0.5, 0.6) is 0 Å². The number of halogens is 6. The Morgan fingerprint density at radius 3 is 1.33 bits per heavy atom. The molecule has 0 saturated carbocycles. The third-order valence-electron chi connectivity index (χ3n) is 2.67. The summed E-state index contributed by atoms with van der Waals surface area (Å²) in [5.41, 5.74) is -1.61. The van der Waals surface area contributed by atoms with Crippen LogP contribution in [0.1, 0.15) is 11.1 Å². The van der Waals surface area contributed by atoms with E-state index >= 15 is 0 Å². The van der Waals surface area contributed by atoms with Crippen molar-refractivity contribution >= 4 is 19.2 Å². The van der Waals surface area contributed by atoms with Crippen molar-refractivity contribution in [1.29, 1.82) is 0 Å². The van der Waals surface area contributed by atoms with Crippen molar-refractivity contribution in [3.63, 3.8) is 0 Å². The van der Waals surface area contributed by atoms with Gasteiger partial charge in [0.2, 0.25) is 0 Å². The minimum absolute atomic E-state index is 0.272. The van der Waals surface area contributed by atoms with Gasteiger partial charge in [-0.25, -0.2) is 0 Å². The zero-order valence-corrected chi connectivity index (χ0v) is 11.4. The molecule has 21 heavy (non-hydrogen) atoms. The fourth-order valence-corrected chi connectivity index (χ4v) is 2.86. The largest absolute Gasteiger partial charge is 0.416 e. The Bertz CT molecular complexity index is 574. The Labute approximate surface area is 118 Å². The lowest BCUT2D eigenvalue weighted by molar-refractivity contribution is -0.138. The van der Waals surface area contributed by atoms with Crippen LogP contribution in [0, 0.1) is 0 Å². The molecule has 2 rings (SSSR count). The van der Waals surface area contributed by atoms with Gasteiger partial charge in [0.15, 0.2) is 0 Å². The Morgan fingerprint density at radius 2 is 1.00 bits per heavy atom. The molecule has 7 heteroatoms. The average molecular weight is 322 g/mol. The van der Waals surface area contributed by atoms with E-state index in [1.54, 1.807) is 0 Å². The molecule has 0 aliphatic heterocycles. The molecule has 2 aromatic rings. The first-order chi connectivity index (χ1) is 9.66. The van der Waals surface area contributed by atoms with Crippen molar-refractivity contribution in [2.75, 3.05) is 0 Å². The van der Waals surface area contributed by atoms with Crippen LogP contribution in [0.4, 0.5) is 26.3 Å². The van der Waals surface area contributed by atoms with E-state index in [2.05, 4.69) is 0 Å². The molecule has 112 valence electrons. The molecule has 0 N–H and O–H groups in total. The average Bonchev–Trinajstić information content (AvgIpc) is 2.37. The van der Waals surface area contributed by atoms with E-state index in [1.807, 2.05) is 0 Å². The van der Waals surface area contributed by atoms with E-state index < -0.39 is 23.5 Å². The second-order valence-electron chi connectivity index (χ2n) is 4.28. The van der Waals surface area contributed by atoms with Gasteiger partial charge >= 0.3 is 12.4 Å². The summed E-state index contributed by atoms with van der Waals surface area (Å²) in [7, 11) is -0.272. The number of hydrogen-bond donors (Lipinski definition) is 0. The van der Waals surface area contributed by atoms with Crippen molar-refractivity contribution in [3.8, 4) is 0 Å². The van der Waals surface area contributed by atoms with Gasteiger partial charge < -0.3 is 0 Å². The topological polar surface area (TPSA) is 0 Å². The molecule has 0 nitrogen and oxygen atoms in total. The van der Waals surface area contributed by atoms with Gasteiger partial charge in [-0.2, -0.15) is 26.3 Å². The summed E-state index contributed by atoms with van der Waals surface area (Å²) in [6.07, 6.45) is -8.93. The molecule has 0 atom stereocenters.